The molecule has 0 radical (unpaired) electrons. The summed E-state index contributed by atoms with van der Waals surface area (Å²) >= 11 is 0. The summed E-state index contributed by atoms with van der Waals surface area (Å²) in [5.41, 5.74) is 5.57. The number of carbonyl (C=O) groups excluding carboxylic acids is 2. The van der Waals surface area contributed by atoms with Crippen molar-refractivity contribution >= 4 is 11.8 Å². The smallest absolute Gasteiger partial charge is 0.316 e. The van der Waals surface area contributed by atoms with Crippen LogP contribution in [0.5, 0.6) is 5.75 Å². The highest BCUT2D eigenvalue weighted by Gasteiger charge is 2.35. The maximum Gasteiger partial charge on any atom is 0.316 e. The summed E-state index contributed by atoms with van der Waals surface area (Å²) in [7, 11) is 0. The molecule has 1 heterocycles. The largest absolute Gasteiger partial charge is 0.485 e. The molecule has 1 fully saturated rings. The molecule has 0 unspecified atom stereocenters. The molecule has 3 atom stereocenters. The number of amides is 2. The average Bonchev–Trinajstić information content (AvgIpc) is 3.41. The number of para-hydroxylation sites is 1. The van der Waals surface area contributed by atoms with Crippen molar-refractivity contribution in [3.8, 4) is 5.75 Å². The van der Waals surface area contributed by atoms with Gasteiger partial charge in [-0.25, -0.2) is 0 Å². The molecule has 2 aromatic rings. The predicted molar refractivity (Wildman–Crippen MR) is 94.8 cm³/mol. The lowest BCUT2D eigenvalue weighted by atomic mass is 9.94. The number of carbonyl (C=O) groups is 2. The highest BCUT2D eigenvalue weighted by molar-refractivity contribution is 5.95. The number of fused-ring (bicyclic) bond motifs is 2. The van der Waals surface area contributed by atoms with E-state index in [4.69, 9.17) is 15.0 Å². The predicted octanol–water partition coefficient (Wildman–Crippen LogP) is 1.69. The number of allylic oxidation sites excluding steroid dienone is 2. The second kappa shape index (κ2) is 7.22. The maximum absolute atomic E-state index is 12.2. The number of benzene rings is 1. The minimum absolute atomic E-state index is 0.0434. The van der Waals surface area contributed by atoms with Crippen LogP contribution in [0, 0.1) is 17.8 Å². The lowest BCUT2D eigenvalue weighted by molar-refractivity contribution is 0.0900. The Hall–Kier alpha value is -3.16. The SMILES string of the molecule is NC(=O)c1ccccc1OCc1noc(C(=O)NC[C@H]2C[C@H]3C=C[C@H]2C3)n1. The fourth-order valence-corrected chi connectivity index (χ4v) is 3.77. The number of hydrogen-bond acceptors (Lipinski definition) is 6. The van der Waals surface area contributed by atoms with E-state index in [1.165, 1.54) is 6.42 Å². The number of ether oxygens (including phenoxy) is 1. The van der Waals surface area contributed by atoms with E-state index >= 15 is 0 Å². The van der Waals surface area contributed by atoms with Crippen LogP contribution in [0.2, 0.25) is 0 Å². The van der Waals surface area contributed by atoms with Crippen LogP contribution in [0.25, 0.3) is 0 Å². The average molecular weight is 368 g/mol. The second-order valence-electron chi connectivity index (χ2n) is 6.92. The van der Waals surface area contributed by atoms with Crippen LogP contribution in [-0.4, -0.2) is 28.5 Å². The van der Waals surface area contributed by atoms with E-state index in [2.05, 4.69) is 27.6 Å². The number of primary amides is 1. The summed E-state index contributed by atoms with van der Waals surface area (Å²) in [5, 5.41) is 6.61. The summed E-state index contributed by atoms with van der Waals surface area (Å²) < 4.78 is 10.5. The molecule has 3 N–H and O–H groups in total. The van der Waals surface area contributed by atoms with Crippen LogP contribution in [0.15, 0.2) is 40.9 Å². The number of hydrogen-bond donors (Lipinski definition) is 2. The third-order valence-corrected chi connectivity index (χ3v) is 5.11. The van der Waals surface area contributed by atoms with E-state index in [1.807, 2.05) is 0 Å². The maximum atomic E-state index is 12.2. The van der Waals surface area contributed by atoms with Crippen LogP contribution in [0.4, 0.5) is 0 Å². The Morgan fingerprint density at radius 3 is 2.85 bits per heavy atom. The van der Waals surface area contributed by atoms with Crippen LogP contribution in [0.3, 0.4) is 0 Å². The molecule has 2 bridgehead atoms. The summed E-state index contributed by atoms with van der Waals surface area (Å²) in [4.78, 5) is 27.6. The first-order chi connectivity index (χ1) is 13.1. The first-order valence-electron chi connectivity index (χ1n) is 8.91. The molecule has 2 aliphatic carbocycles. The van der Waals surface area contributed by atoms with Gasteiger partial charge in [0, 0.05) is 6.54 Å². The fourth-order valence-electron chi connectivity index (χ4n) is 3.77. The van der Waals surface area contributed by atoms with Gasteiger partial charge in [-0.15, -0.1) is 0 Å². The van der Waals surface area contributed by atoms with Gasteiger partial charge in [-0.3, -0.25) is 9.59 Å². The monoisotopic (exact) mass is 368 g/mol. The van der Waals surface area contributed by atoms with Crippen LogP contribution in [0.1, 0.15) is 39.7 Å². The van der Waals surface area contributed by atoms with Gasteiger partial charge in [0.25, 0.3) is 5.91 Å². The van der Waals surface area contributed by atoms with Crippen molar-refractivity contribution in [2.75, 3.05) is 6.54 Å². The van der Waals surface area contributed by atoms with Crippen molar-refractivity contribution in [2.45, 2.75) is 19.4 Å². The zero-order valence-corrected chi connectivity index (χ0v) is 14.6. The Labute approximate surface area is 155 Å². The fraction of sp³-hybridized carbons (Fsp3) is 0.368. The number of nitrogens with zero attached hydrogens (tertiary/aromatic N) is 2. The Morgan fingerprint density at radius 1 is 1.26 bits per heavy atom. The lowest BCUT2D eigenvalue weighted by Crippen LogP contribution is -2.31. The summed E-state index contributed by atoms with van der Waals surface area (Å²) in [6.07, 6.45) is 6.82. The quantitative estimate of drug-likeness (QED) is 0.718. The molecule has 0 spiro atoms. The van der Waals surface area contributed by atoms with E-state index in [9.17, 15) is 9.59 Å². The van der Waals surface area contributed by atoms with Gasteiger partial charge in [0.2, 0.25) is 5.82 Å². The molecule has 2 aliphatic rings. The van der Waals surface area contributed by atoms with Gasteiger partial charge in [-0.2, -0.15) is 4.98 Å². The van der Waals surface area contributed by atoms with Crippen molar-refractivity contribution < 1.29 is 18.8 Å². The minimum atomic E-state index is -0.589. The number of nitrogens with two attached hydrogens (primary N) is 1. The molecule has 4 rings (SSSR count). The first kappa shape index (κ1) is 17.3. The van der Waals surface area contributed by atoms with Crippen molar-refractivity contribution in [1.29, 1.82) is 0 Å². The van der Waals surface area contributed by atoms with Crippen molar-refractivity contribution in [3.05, 3.63) is 53.7 Å². The summed E-state index contributed by atoms with van der Waals surface area (Å²) in [6, 6.07) is 6.60. The first-order valence-corrected chi connectivity index (χ1v) is 8.91. The molecule has 0 saturated heterocycles. The van der Waals surface area contributed by atoms with Gasteiger partial charge in [-0.05, 0) is 42.7 Å². The van der Waals surface area contributed by atoms with E-state index in [-0.39, 0.29) is 23.9 Å². The zero-order chi connectivity index (χ0) is 18.8. The van der Waals surface area contributed by atoms with Crippen LogP contribution in [-0.2, 0) is 6.61 Å². The Morgan fingerprint density at radius 2 is 2.11 bits per heavy atom. The Bertz CT molecular complexity index is 891. The molecule has 0 aliphatic heterocycles. The van der Waals surface area contributed by atoms with Crippen molar-refractivity contribution in [1.82, 2.24) is 15.5 Å². The lowest BCUT2D eigenvalue weighted by Gasteiger charge is -2.17. The molecular weight excluding hydrogens is 348 g/mol. The van der Waals surface area contributed by atoms with E-state index in [0.29, 0.717) is 30.0 Å². The van der Waals surface area contributed by atoms with Crippen molar-refractivity contribution in [2.24, 2.45) is 23.5 Å². The molecule has 1 aromatic heterocycles. The highest BCUT2D eigenvalue weighted by atomic mass is 16.5. The molecule has 140 valence electrons. The van der Waals surface area contributed by atoms with E-state index in [1.54, 1.807) is 24.3 Å². The van der Waals surface area contributed by atoms with E-state index < -0.39 is 11.8 Å². The Kier molecular flexibility index (Phi) is 4.62. The van der Waals surface area contributed by atoms with Gasteiger partial charge >= 0.3 is 11.8 Å². The zero-order valence-electron chi connectivity index (χ0n) is 14.6. The molecule has 2 amide bonds. The van der Waals surface area contributed by atoms with Crippen LogP contribution >= 0.6 is 0 Å². The minimum Gasteiger partial charge on any atom is -0.485 e. The normalized spacial score (nSPS) is 22.7. The van der Waals surface area contributed by atoms with Gasteiger partial charge in [0.05, 0.1) is 5.56 Å². The molecular formula is C19H20N4O4. The molecule has 1 saturated carbocycles. The number of nitrogens with one attached hydrogen (secondary N) is 1. The van der Waals surface area contributed by atoms with Gasteiger partial charge < -0.3 is 20.3 Å². The molecule has 27 heavy (non-hydrogen) atoms. The Balaban J connectivity index is 1.31. The van der Waals surface area contributed by atoms with Gasteiger partial charge in [0.15, 0.2) is 6.61 Å². The summed E-state index contributed by atoms with van der Waals surface area (Å²) in [5.74, 6) is 1.15. The van der Waals surface area contributed by atoms with Crippen molar-refractivity contribution in [3.63, 3.8) is 0 Å². The van der Waals surface area contributed by atoms with Gasteiger partial charge in [-0.1, -0.05) is 29.4 Å². The third kappa shape index (κ3) is 3.69. The molecule has 8 nitrogen and oxygen atoms in total. The topological polar surface area (TPSA) is 120 Å². The molecule has 8 heteroatoms. The highest BCUT2D eigenvalue weighted by Crippen LogP contribution is 2.42. The summed E-state index contributed by atoms with van der Waals surface area (Å²) in [6.45, 7) is 0.558. The number of rotatable bonds is 7. The number of aromatic nitrogens is 2. The van der Waals surface area contributed by atoms with Crippen LogP contribution < -0.4 is 15.8 Å². The van der Waals surface area contributed by atoms with E-state index in [0.717, 1.165) is 6.42 Å². The van der Waals surface area contributed by atoms with Gasteiger partial charge in [0.1, 0.15) is 5.75 Å². The third-order valence-electron chi connectivity index (χ3n) is 5.11. The molecule has 1 aromatic carbocycles. The standard InChI is InChI=1S/C19H20N4O4/c20-17(24)14-3-1-2-4-15(14)26-10-16-22-19(27-23-16)18(25)21-9-13-8-11-5-6-12(13)7-11/h1-6,11-13H,7-10H2,(H2,20,24)(H,21,25)/t11-,12-,13+/m0/s1. The second-order valence-corrected chi connectivity index (χ2v) is 6.92.